The van der Waals surface area contributed by atoms with E-state index in [1.807, 2.05) is 37.3 Å². The first-order valence-corrected chi connectivity index (χ1v) is 10.6. The van der Waals surface area contributed by atoms with E-state index in [1.165, 1.54) is 24.3 Å². The Morgan fingerprint density at radius 1 is 0.844 bits per heavy atom. The third-order valence-electron chi connectivity index (χ3n) is 5.45. The summed E-state index contributed by atoms with van der Waals surface area (Å²) in [7, 11) is 0. The number of hydrogen-bond donors (Lipinski definition) is 3. The fourth-order valence-corrected chi connectivity index (χ4v) is 3.74. The molecule has 1 heterocycles. The van der Waals surface area contributed by atoms with Crippen molar-refractivity contribution < 1.29 is 14.0 Å². The van der Waals surface area contributed by atoms with Crippen molar-refractivity contribution in [3.05, 3.63) is 83.7 Å². The fraction of sp³-hybridized carbons (Fsp3) is 0.200. The number of benzene rings is 3. The number of anilines is 4. The Labute approximate surface area is 186 Å². The van der Waals surface area contributed by atoms with Crippen LogP contribution in [-0.2, 0) is 0 Å². The van der Waals surface area contributed by atoms with Gasteiger partial charge in [0.15, 0.2) is 0 Å². The summed E-state index contributed by atoms with van der Waals surface area (Å²) in [6, 6.07) is 18.0. The first kappa shape index (κ1) is 21.4. The highest BCUT2D eigenvalue weighted by atomic mass is 19.1. The number of hydrogen-bond acceptors (Lipinski definition) is 3. The number of halogens is 1. The maximum absolute atomic E-state index is 13.1. The number of aryl methyl sites for hydroxylation is 1. The molecule has 0 spiro atoms. The molecule has 4 rings (SSSR count). The van der Waals surface area contributed by atoms with Crippen molar-refractivity contribution in [2.24, 2.45) is 0 Å². The van der Waals surface area contributed by atoms with Crippen LogP contribution in [0, 0.1) is 12.7 Å². The van der Waals surface area contributed by atoms with Gasteiger partial charge >= 0.3 is 6.03 Å². The van der Waals surface area contributed by atoms with Gasteiger partial charge in [-0.3, -0.25) is 4.79 Å². The number of nitrogens with zero attached hydrogens (tertiary/aromatic N) is 1. The fourth-order valence-electron chi connectivity index (χ4n) is 3.74. The summed E-state index contributed by atoms with van der Waals surface area (Å²) in [5.74, 6) is -0.753. The molecule has 0 bridgehead atoms. The Bertz CT molecular complexity index is 1130. The van der Waals surface area contributed by atoms with Gasteiger partial charge in [-0.2, -0.15) is 0 Å². The van der Waals surface area contributed by atoms with Gasteiger partial charge in [0, 0.05) is 30.0 Å². The lowest BCUT2D eigenvalue weighted by atomic mass is 10.2. The molecule has 32 heavy (non-hydrogen) atoms. The SMILES string of the molecule is Cc1ccccc1NC(=O)Nc1cc(NC(=O)c2ccc(F)cc2)ccc1N1CCCC1. The molecule has 6 nitrogen and oxygen atoms in total. The second-order valence-electron chi connectivity index (χ2n) is 7.78. The van der Waals surface area contributed by atoms with E-state index in [0.29, 0.717) is 16.9 Å². The van der Waals surface area contributed by atoms with Crippen molar-refractivity contribution in [1.82, 2.24) is 0 Å². The molecular formula is C25H25FN4O2. The summed E-state index contributed by atoms with van der Waals surface area (Å²) in [4.78, 5) is 27.5. The number of rotatable bonds is 5. The number of carbonyl (C=O) groups excluding carboxylic acids is 2. The van der Waals surface area contributed by atoms with Crippen LogP contribution < -0.4 is 20.9 Å². The van der Waals surface area contributed by atoms with E-state index < -0.39 is 5.82 Å². The standard InChI is InChI=1S/C25H25FN4O2/c1-17-6-2-3-7-21(17)28-25(32)29-22-16-20(12-13-23(22)30-14-4-5-15-30)27-24(31)18-8-10-19(26)11-9-18/h2-3,6-13,16H,4-5,14-15H2,1H3,(H,27,31)(H2,28,29,32). The lowest BCUT2D eigenvalue weighted by Crippen LogP contribution is -2.24. The molecule has 3 aromatic carbocycles. The molecule has 1 fully saturated rings. The molecule has 164 valence electrons. The van der Waals surface area contributed by atoms with Crippen LogP contribution in [0.5, 0.6) is 0 Å². The summed E-state index contributed by atoms with van der Waals surface area (Å²) >= 11 is 0. The quantitative estimate of drug-likeness (QED) is 0.489. The highest BCUT2D eigenvalue weighted by Gasteiger charge is 2.18. The van der Waals surface area contributed by atoms with Crippen molar-refractivity contribution in [3.63, 3.8) is 0 Å². The summed E-state index contributed by atoms with van der Waals surface area (Å²) in [6.45, 7) is 3.75. The van der Waals surface area contributed by atoms with Crippen LogP contribution in [0.4, 0.5) is 31.9 Å². The molecule has 3 amide bonds. The molecule has 0 atom stereocenters. The Morgan fingerprint density at radius 2 is 1.53 bits per heavy atom. The number of urea groups is 1. The van der Waals surface area contributed by atoms with Crippen molar-refractivity contribution >= 4 is 34.7 Å². The molecule has 0 aliphatic carbocycles. The highest BCUT2D eigenvalue weighted by Crippen LogP contribution is 2.32. The smallest absolute Gasteiger partial charge is 0.323 e. The van der Waals surface area contributed by atoms with Gasteiger partial charge in [-0.1, -0.05) is 18.2 Å². The summed E-state index contributed by atoms with van der Waals surface area (Å²) in [5.41, 5.74) is 4.09. The van der Waals surface area contributed by atoms with Gasteiger partial charge in [0.25, 0.3) is 5.91 Å². The third-order valence-corrected chi connectivity index (χ3v) is 5.45. The molecule has 0 aromatic heterocycles. The van der Waals surface area contributed by atoms with Gasteiger partial charge in [-0.15, -0.1) is 0 Å². The average Bonchev–Trinajstić information content (AvgIpc) is 3.31. The van der Waals surface area contributed by atoms with Gasteiger partial charge in [0.1, 0.15) is 5.82 Å². The summed E-state index contributed by atoms with van der Waals surface area (Å²) in [5, 5.41) is 8.62. The lowest BCUT2D eigenvalue weighted by molar-refractivity contribution is 0.102. The van der Waals surface area contributed by atoms with Gasteiger partial charge in [0.05, 0.1) is 11.4 Å². The minimum absolute atomic E-state index is 0.349. The zero-order valence-electron chi connectivity index (χ0n) is 17.8. The monoisotopic (exact) mass is 432 g/mol. The van der Waals surface area contributed by atoms with Crippen molar-refractivity contribution in [2.45, 2.75) is 19.8 Å². The van der Waals surface area contributed by atoms with E-state index in [9.17, 15) is 14.0 Å². The minimum Gasteiger partial charge on any atom is -0.370 e. The molecular weight excluding hydrogens is 407 g/mol. The number of para-hydroxylation sites is 1. The van der Waals surface area contributed by atoms with Crippen LogP contribution in [0.15, 0.2) is 66.7 Å². The van der Waals surface area contributed by atoms with Gasteiger partial charge in [0.2, 0.25) is 0 Å². The predicted octanol–water partition coefficient (Wildman–Crippen LogP) is 5.63. The Morgan fingerprint density at radius 3 is 2.25 bits per heavy atom. The van der Waals surface area contributed by atoms with Gasteiger partial charge < -0.3 is 20.9 Å². The zero-order valence-corrected chi connectivity index (χ0v) is 17.8. The topological polar surface area (TPSA) is 73.5 Å². The van der Waals surface area contributed by atoms with E-state index >= 15 is 0 Å². The largest absolute Gasteiger partial charge is 0.370 e. The van der Waals surface area contributed by atoms with Crippen LogP contribution in [-0.4, -0.2) is 25.0 Å². The first-order chi connectivity index (χ1) is 15.5. The third kappa shape index (κ3) is 5.06. The van der Waals surface area contributed by atoms with E-state index in [4.69, 9.17) is 0 Å². The molecule has 0 radical (unpaired) electrons. The highest BCUT2D eigenvalue weighted by molar-refractivity contribution is 6.06. The van der Waals surface area contributed by atoms with Crippen molar-refractivity contribution in [3.8, 4) is 0 Å². The van der Waals surface area contributed by atoms with Crippen LogP contribution in [0.1, 0.15) is 28.8 Å². The molecule has 1 saturated heterocycles. The van der Waals surface area contributed by atoms with E-state index in [1.54, 1.807) is 12.1 Å². The van der Waals surface area contributed by atoms with Crippen LogP contribution in [0.25, 0.3) is 0 Å². The van der Waals surface area contributed by atoms with Crippen LogP contribution >= 0.6 is 0 Å². The van der Waals surface area contributed by atoms with E-state index in [0.717, 1.165) is 42.9 Å². The molecule has 1 aliphatic heterocycles. The maximum atomic E-state index is 13.1. The number of amides is 3. The Balaban J connectivity index is 1.55. The van der Waals surface area contributed by atoms with Gasteiger partial charge in [-0.25, -0.2) is 9.18 Å². The summed E-state index contributed by atoms with van der Waals surface area (Å²) < 4.78 is 13.1. The van der Waals surface area contributed by atoms with Crippen molar-refractivity contribution in [1.29, 1.82) is 0 Å². The molecule has 1 aliphatic rings. The first-order valence-electron chi connectivity index (χ1n) is 10.6. The number of carbonyl (C=O) groups is 2. The average molecular weight is 432 g/mol. The molecule has 0 saturated carbocycles. The lowest BCUT2D eigenvalue weighted by Gasteiger charge is -2.23. The second-order valence-corrected chi connectivity index (χ2v) is 7.78. The normalized spacial score (nSPS) is 13.0. The van der Waals surface area contributed by atoms with Crippen molar-refractivity contribution in [2.75, 3.05) is 33.9 Å². The van der Waals surface area contributed by atoms with Crippen LogP contribution in [0.2, 0.25) is 0 Å². The molecule has 3 aromatic rings. The van der Waals surface area contributed by atoms with E-state index in [2.05, 4.69) is 20.9 Å². The predicted molar refractivity (Wildman–Crippen MR) is 126 cm³/mol. The Hall–Kier alpha value is -3.87. The Kier molecular flexibility index (Phi) is 6.35. The maximum Gasteiger partial charge on any atom is 0.323 e. The van der Waals surface area contributed by atoms with Gasteiger partial charge in [-0.05, 0) is 73.9 Å². The molecule has 0 unspecified atom stereocenters. The van der Waals surface area contributed by atoms with Crippen LogP contribution in [0.3, 0.4) is 0 Å². The molecule has 7 heteroatoms. The van der Waals surface area contributed by atoms with E-state index in [-0.39, 0.29) is 11.9 Å². The summed E-state index contributed by atoms with van der Waals surface area (Å²) in [6.07, 6.45) is 2.19. The zero-order chi connectivity index (χ0) is 22.5. The second kappa shape index (κ2) is 9.51. The molecule has 3 N–H and O–H groups in total. The number of nitrogens with one attached hydrogen (secondary N) is 3. The minimum atomic E-state index is -0.400.